The summed E-state index contributed by atoms with van der Waals surface area (Å²) in [4.78, 5) is 10.3. The molecule has 0 saturated heterocycles. The molecule has 0 saturated carbocycles. The number of nitro groups is 1. The first kappa shape index (κ1) is 12.9. The lowest BCUT2D eigenvalue weighted by molar-refractivity contribution is -0.384. The van der Waals surface area contributed by atoms with Crippen LogP contribution in [0.25, 0.3) is 0 Å². The van der Waals surface area contributed by atoms with Gasteiger partial charge in [0, 0.05) is 12.6 Å². The number of nitrogens with two attached hydrogens (primary N) is 1. The fraction of sp³-hybridized carbons (Fsp3) is 0.364. The Bertz CT molecular complexity index is 440. The average Bonchev–Trinajstić information content (AvgIpc) is 2.34. The number of nitro benzene ring substituents is 1. The van der Waals surface area contributed by atoms with Crippen molar-refractivity contribution in [1.29, 1.82) is 5.26 Å². The van der Waals surface area contributed by atoms with Gasteiger partial charge in [-0.25, -0.2) is 0 Å². The smallest absolute Gasteiger partial charge is 0.292 e. The van der Waals surface area contributed by atoms with E-state index in [1.807, 2.05) is 6.07 Å². The molecule has 0 heterocycles. The van der Waals surface area contributed by atoms with Crippen LogP contribution in [-0.4, -0.2) is 18.0 Å². The van der Waals surface area contributed by atoms with Gasteiger partial charge >= 0.3 is 0 Å². The fourth-order valence-corrected chi connectivity index (χ4v) is 1.40. The molecule has 3 N–H and O–H groups in total. The zero-order valence-corrected chi connectivity index (χ0v) is 9.35. The Morgan fingerprint density at radius 1 is 1.47 bits per heavy atom. The van der Waals surface area contributed by atoms with Crippen LogP contribution in [0.15, 0.2) is 18.2 Å². The minimum Gasteiger partial charge on any atom is -0.379 e. The maximum absolute atomic E-state index is 10.8. The summed E-state index contributed by atoms with van der Waals surface area (Å²) in [6.45, 7) is 1.20. The van der Waals surface area contributed by atoms with Crippen molar-refractivity contribution >= 4 is 11.4 Å². The van der Waals surface area contributed by atoms with Crippen LogP contribution in [0.4, 0.5) is 11.4 Å². The number of unbranched alkanes of at least 4 members (excludes halogenated alkanes) is 1. The molecule has 0 amide bonds. The first-order valence-corrected chi connectivity index (χ1v) is 5.31. The molecule has 17 heavy (non-hydrogen) atoms. The predicted molar refractivity (Wildman–Crippen MR) is 64.6 cm³/mol. The number of nitrogens with one attached hydrogen (secondary N) is 1. The number of hydrogen-bond acceptors (Lipinski definition) is 5. The molecule has 0 aliphatic carbocycles. The van der Waals surface area contributed by atoms with Gasteiger partial charge in [-0.15, -0.1) is 0 Å². The van der Waals surface area contributed by atoms with Crippen molar-refractivity contribution in [1.82, 2.24) is 0 Å². The van der Waals surface area contributed by atoms with Crippen molar-refractivity contribution < 1.29 is 4.92 Å². The van der Waals surface area contributed by atoms with E-state index in [-0.39, 0.29) is 5.69 Å². The summed E-state index contributed by atoms with van der Waals surface area (Å²) in [7, 11) is 0. The quantitative estimate of drug-likeness (QED) is 0.442. The average molecular weight is 234 g/mol. The molecule has 0 fully saturated rings. The second-order valence-corrected chi connectivity index (χ2v) is 3.52. The zero-order valence-electron chi connectivity index (χ0n) is 9.35. The number of hydrogen-bond donors (Lipinski definition) is 2. The molecule has 1 aromatic carbocycles. The van der Waals surface area contributed by atoms with Crippen LogP contribution in [0.3, 0.4) is 0 Å². The van der Waals surface area contributed by atoms with Gasteiger partial charge in [-0.05, 0) is 31.5 Å². The fourth-order valence-electron chi connectivity index (χ4n) is 1.40. The molecule has 6 heteroatoms. The van der Waals surface area contributed by atoms with Gasteiger partial charge in [0.25, 0.3) is 5.69 Å². The van der Waals surface area contributed by atoms with E-state index in [1.165, 1.54) is 18.2 Å². The maximum atomic E-state index is 10.8. The van der Waals surface area contributed by atoms with Crippen LogP contribution in [0, 0.1) is 21.4 Å². The first-order chi connectivity index (χ1) is 8.19. The molecule has 6 nitrogen and oxygen atoms in total. The molecular weight excluding hydrogens is 220 g/mol. The standard InChI is InChI=1S/C11H14N4O2/c12-5-1-2-6-14-10-7-9(8-13)3-4-11(10)15(16)17/h3-4,7,14H,1-2,5-6,12H2. The van der Waals surface area contributed by atoms with Gasteiger partial charge in [0.05, 0.1) is 16.6 Å². The highest BCUT2D eigenvalue weighted by molar-refractivity contribution is 5.64. The van der Waals surface area contributed by atoms with Crippen LogP contribution in [-0.2, 0) is 0 Å². The zero-order chi connectivity index (χ0) is 12.7. The van der Waals surface area contributed by atoms with Gasteiger partial charge in [-0.1, -0.05) is 0 Å². The molecule has 0 spiro atoms. The third-order valence-electron chi connectivity index (χ3n) is 2.27. The summed E-state index contributed by atoms with van der Waals surface area (Å²) in [5.74, 6) is 0. The highest BCUT2D eigenvalue weighted by Gasteiger charge is 2.13. The van der Waals surface area contributed by atoms with E-state index in [1.54, 1.807) is 0 Å². The third kappa shape index (κ3) is 3.74. The minimum absolute atomic E-state index is 0.0169. The Balaban J connectivity index is 2.79. The van der Waals surface area contributed by atoms with E-state index >= 15 is 0 Å². The maximum Gasteiger partial charge on any atom is 0.292 e. The number of nitrogens with zero attached hydrogens (tertiary/aromatic N) is 2. The van der Waals surface area contributed by atoms with Crippen molar-refractivity contribution in [3.63, 3.8) is 0 Å². The predicted octanol–water partition coefficient (Wildman–Crippen LogP) is 1.62. The van der Waals surface area contributed by atoms with Crippen molar-refractivity contribution in [2.75, 3.05) is 18.4 Å². The van der Waals surface area contributed by atoms with E-state index in [9.17, 15) is 10.1 Å². The second-order valence-electron chi connectivity index (χ2n) is 3.52. The van der Waals surface area contributed by atoms with E-state index in [0.29, 0.717) is 24.3 Å². The van der Waals surface area contributed by atoms with Gasteiger partial charge in [0.15, 0.2) is 0 Å². The summed E-state index contributed by atoms with van der Waals surface area (Å²) in [6.07, 6.45) is 1.70. The lowest BCUT2D eigenvalue weighted by atomic mass is 10.2. The number of nitriles is 1. The van der Waals surface area contributed by atoms with Crippen LogP contribution in [0.1, 0.15) is 18.4 Å². The Morgan fingerprint density at radius 2 is 2.24 bits per heavy atom. The minimum atomic E-state index is -0.466. The summed E-state index contributed by atoms with van der Waals surface area (Å²) in [5.41, 5.74) is 6.12. The molecule has 0 aliphatic rings. The molecule has 0 bridgehead atoms. The summed E-state index contributed by atoms with van der Waals surface area (Å²) in [5, 5.41) is 22.5. The Morgan fingerprint density at radius 3 is 2.82 bits per heavy atom. The Hall–Kier alpha value is -2.13. The van der Waals surface area contributed by atoms with Crippen molar-refractivity contribution in [2.45, 2.75) is 12.8 Å². The second kappa shape index (κ2) is 6.45. The van der Waals surface area contributed by atoms with Crippen molar-refractivity contribution in [3.8, 4) is 6.07 Å². The molecule has 0 unspecified atom stereocenters. The molecule has 0 radical (unpaired) electrons. The van der Waals surface area contributed by atoms with E-state index < -0.39 is 4.92 Å². The molecule has 0 atom stereocenters. The first-order valence-electron chi connectivity index (χ1n) is 5.31. The Labute approximate surface area is 99.2 Å². The SMILES string of the molecule is N#Cc1ccc([N+](=O)[O-])c(NCCCCN)c1. The number of anilines is 1. The number of rotatable bonds is 6. The van der Waals surface area contributed by atoms with E-state index in [4.69, 9.17) is 11.0 Å². The molecule has 0 aliphatic heterocycles. The van der Waals surface area contributed by atoms with Gasteiger partial charge in [0.1, 0.15) is 5.69 Å². The molecule has 1 rings (SSSR count). The summed E-state index contributed by atoms with van der Waals surface area (Å²) < 4.78 is 0. The van der Waals surface area contributed by atoms with Gasteiger partial charge < -0.3 is 11.1 Å². The van der Waals surface area contributed by atoms with Gasteiger partial charge in [0.2, 0.25) is 0 Å². The Kier molecular flexibility index (Phi) is 4.91. The summed E-state index contributed by atoms with van der Waals surface area (Å²) in [6, 6.07) is 6.21. The van der Waals surface area contributed by atoms with Crippen LogP contribution in [0.2, 0.25) is 0 Å². The van der Waals surface area contributed by atoms with Gasteiger partial charge in [-0.2, -0.15) is 5.26 Å². The van der Waals surface area contributed by atoms with Crippen molar-refractivity contribution in [3.05, 3.63) is 33.9 Å². The molecular formula is C11H14N4O2. The highest BCUT2D eigenvalue weighted by Crippen LogP contribution is 2.25. The largest absolute Gasteiger partial charge is 0.379 e. The van der Waals surface area contributed by atoms with Crippen molar-refractivity contribution in [2.24, 2.45) is 5.73 Å². The van der Waals surface area contributed by atoms with E-state index in [2.05, 4.69) is 5.32 Å². The van der Waals surface area contributed by atoms with Crippen LogP contribution in [0.5, 0.6) is 0 Å². The molecule has 0 aromatic heterocycles. The number of benzene rings is 1. The van der Waals surface area contributed by atoms with E-state index in [0.717, 1.165) is 12.8 Å². The summed E-state index contributed by atoms with van der Waals surface area (Å²) >= 11 is 0. The lowest BCUT2D eigenvalue weighted by Gasteiger charge is -2.06. The lowest BCUT2D eigenvalue weighted by Crippen LogP contribution is -2.07. The monoisotopic (exact) mass is 234 g/mol. The molecule has 1 aromatic rings. The topological polar surface area (TPSA) is 105 Å². The third-order valence-corrected chi connectivity index (χ3v) is 2.27. The molecule has 90 valence electrons. The normalized spacial score (nSPS) is 9.65. The van der Waals surface area contributed by atoms with Crippen LogP contribution < -0.4 is 11.1 Å². The van der Waals surface area contributed by atoms with Gasteiger partial charge in [-0.3, -0.25) is 10.1 Å². The highest BCUT2D eigenvalue weighted by atomic mass is 16.6. The van der Waals surface area contributed by atoms with Crippen LogP contribution >= 0.6 is 0 Å².